The van der Waals surface area contributed by atoms with E-state index in [9.17, 15) is 14.7 Å². The van der Waals surface area contributed by atoms with E-state index in [1.807, 2.05) is 30.3 Å². The number of carbonyl (C=O) groups excluding carboxylic acids is 1. The fraction of sp³-hybridized carbons (Fsp3) is 0.312. The molecule has 1 N–H and O–H groups in total. The number of carboxylic acid groups (broad SMARTS) is 1. The highest BCUT2D eigenvalue weighted by molar-refractivity contribution is 5.96. The van der Waals surface area contributed by atoms with Crippen molar-refractivity contribution >= 4 is 11.9 Å². The summed E-state index contributed by atoms with van der Waals surface area (Å²) in [5, 5.41) is 9.24. The van der Waals surface area contributed by atoms with E-state index in [2.05, 4.69) is 4.98 Å². The van der Waals surface area contributed by atoms with E-state index in [-0.39, 0.29) is 18.8 Å². The van der Waals surface area contributed by atoms with Crippen molar-refractivity contribution in [2.75, 3.05) is 19.8 Å². The van der Waals surface area contributed by atoms with Gasteiger partial charge in [0.2, 0.25) is 5.89 Å². The molecule has 120 valence electrons. The van der Waals surface area contributed by atoms with Crippen LogP contribution in [0, 0.1) is 6.92 Å². The summed E-state index contributed by atoms with van der Waals surface area (Å²) in [6.07, 6.45) is 0. The molecule has 1 unspecified atom stereocenters. The molecular formula is C16H16N2O5. The number of aryl methyl sites for hydroxylation is 1. The summed E-state index contributed by atoms with van der Waals surface area (Å²) in [4.78, 5) is 29.5. The molecule has 0 aliphatic carbocycles. The third-order valence-electron chi connectivity index (χ3n) is 3.69. The molecule has 7 nitrogen and oxygen atoms in total. The SMILES string of the molecule is Cc1oc(-c2ccccc2)nc1C(=O)N1CCOCC1C(=O)O. The summed E-state index contributed by atoms with van der Waals surface area (Å²) in [5.74, 6) is -0.845. The van der Waals surface area contributed by atoms with E-state index in [0.717, 1.165) is 5.56 Å². The minimum atomic E-state index is -1.09. The van der Waals surface area contributed by atoms with Gasteiger partial charge < -0.3 is 19.2 Å². The van der Waals surface area contributed by atoms with Crippen LogP contribution in [0.1, 0.15) is 16.2 Å². The first-order valence-electron chi connectivity index (χ1n) is 7.22. The monoisotopic (exact) mass is 316 g/mol. The summed E-state index contributed by atoms with van der Waals surface area (Å²) in [7, 11) is 0. The molecule has 23 heavy (non-hydrogen) atoms. The number of nitrogens with zero attached hydrogens (tertiary/aromatic N) is 2. The van der Waals surface area contributed by atoms with Crippen molar-refractivity contribution in [3.8, 4) is 11.5 Å². The lowest BCUT2D eigenvalue weighted by molar-refractivity contribution is -0.147. The van der Waals surface area contributed by atoms with Gasteiger partial charge in [0, 0.05) is 12.1 Å². The van der Waals surface area contributed by atoms with Crippen LogP contribution in [0.4, 0.5) is 0 Å². The first-order chi connectivity index (χ1) is 11.1. The molecule has 0 spiro atoms. The molecule has 1 saturated heterocycles. The summed E-state index contributed by atoms with van der Waals surface area (Å²) in [5.41, 5.74) is 0.892. The molecule has 1 amide bonds. The highest BCUT2D eigenvalue weighted by Gasteiger charge is 2.35. The number of hydrogen-bond donors (Lipinski definition) is 1. The van der Waals surface area contributed by atoms with E-state index in [0.29, 0.717) is 18.3 Å². The molecule has 3 rings (SSSR count). The summed E-state index contributed by atoms with van der Waals surface area (Å²) in [6, 6.07) is 8.21. The van der Waals surface area contributed by atoms with Crippen LogP contribution in [0.25, 0.3) is 11.5 Å². The normalized spacial score (nSPS) is 18.0. The Morgan fingerprint density at radius 2 is 2.04 bits per heavy atom. The zero-order chi connectivity index (χ0) is 16.4. The van der Waals surface area contributed by atoms with Gasteiger partial charge in [-0.15, -0.1) is 0 Å². The maximum atomic E-state index is 12.7. The van der Waals surface area contributed by atoms with Crippen molar-refractivity contribution in [3.05, 3.63) is 41.8 Å². The molecule has 0 bridgehead atoms. The number of oxazole rings is 1. The topological polar surface area (TPSA) is 92.9 Å². The molecule has 0 radical (unpaired) electrons. The number of carbonyl (C=O) groups is 2. The van der Waals surface area contributed by atoms with Crippen molar-refractivity contribution < 1.29 is 23.8 Å². The Kier molecular flexibility index (Phi) is 4.12. The third-order valence-corrected chi connectivity index (χ3v) is 3.69. The van der Waals surface area contributed by atoms with Crippen LogP contribution in [0.5, 0.6) is 0 Å². The molecule has 0 saturated carbocycles. The number of carboxylic acids is 1. The van der Waals surface area contributed by atoms with Crippen LogP contribution < -0.4 is 0 Å². The second kappa shape index (κ2) is 6.21. The van der Waals surface area contributed by atoms with Gasteiger partial charge in [0.15, 0.2) is 11.7 Å². The molecule has 2 heterocycles. The predicted molar refractivity (Wildman–Crippen MR) is 80.0 cm³/mol. The summed E-state index contributed by atoms with van der Waals surface area (Å²) >= 11 is 0. The van der Waals surface area contributed by atoms with Gasteiger partial charge in [-0.25, -0.2) is 9.78 Å². The van der Waals surface area contributed by atoms with Crippen molar-refractivity contribution in [1.29, 1.82) is 0 Å². The van der Waals surface area contributed by atoms with Gasteiger partial charge in [0.05, 0.1) is 13.2 Å². The van der Waals surface area contributed by atoms with Gasteiger partial charge >= 0.3 is 5.97 Å². The van der Waals surface area contributed by atoms with Gasteiger partial charge in [0.25, 0.3) is 5.91 Å². The largest absolute Gasteiger partial charge is 0.480 e. The van der Waals surface area contributed by atoms with Crippen molar-refractivity contribution in [2.45, 2.75) is 13.0 Å². The van der Waals surface area contributed by atoms with E-state index >= 15 is 0 Å². The Labute approximate surface area is 132 Å². The number of benzene rings is 1. The lowest BCUT2D eigenvalue weighted by Crippen LogP contribution is -2.52. The number of morpholine rings is 1. The number of aromatic nitrogens is 1. The van der Waals surface area contributed by atoms with Crippen LogP contribution in [-0.2, 0) is 9.53 Å². The van der Waals surface area contributed by atoms with Crippen LogP contribution in [0.2, 0.25) is 0 Å². The number of aliphatic carboxylic acids is 1. The summed E-state index contributed by atoms with van der Waals surface area (Å²) < 4.78 is 10.7. The van der Waals surface area contributed by atoms with Crippen molar-refractivity contribution in [3.63, 3.8) is 0 Å². The lowest BCUT2D eigenvalue weighted by Gasteiger charge is -2.32. The van der Waals surface area contributed by atoms with E-state index in [1.54, 1.807) is 6.92 Å². The van der Waals surface area contributed by atoms with Crippen LogP contribution in [0.15, 0.2) is 34.7 Å². The second-order valence-corrected chi connectivity index (χ2v) is 5.22. The van der Waals surface area contributed by atoms with E-state index < -0.39 is 17.9 Å². The van der Waals surface area contributed by atoms with Gasteiger partial charge in [-0.1, -0.05) is 18.2 Å². The Hall–Kier alpha value is -2.67. The minimum absolute atomic E-state index is 0.0243. The van der Waals surface area contributed by atoms with Crippen LogP contribution >= 0.6 is 0 Å². The van der Waals surface area contributed by atoms with Gasteiger partial charge in [-0.05, 0) is 19.1 Å². The maximum Gasteiger partial charge on any atom is 0.328 e. The van der Waals surface area contributed by atoms with Gasteiger partial charge in [-0.2, -0.15) is 0 Å². The first-order valence-corrected chi connectivity index (χ1v) is 7.22. The van der Waals surface area contributed by atoms with E-state index in [4.69, 9.17) is 9.15 Å². The molecule has 1 aliphatic rings. The van der Waals surface area contributed by atoms with Crippen molar-refractivity contribution in [1.82, 2.24) is 9.88 Å². The van der Waals surface area contributed by atoms with E-state index in [1.165, 1.54) is 4.90 Å². The number of hydrogen-bond acceptors (Lipinski definition) is 5. The third kappa shape index (κ3) is 2.95. The van der Waals surface area contributed by atoms with Gasteiger partial charge in [0.1, 0.15) is 5.76 Å². The molecule has 1 atom stereocenters. The maximum absolute atomic E-state index is 12.7. The predicted octanol–water partition coefficient (Wildman–Crippen LogP) is 1.58. The fourth-order valence-corrected chi connectivity index (χ4v) is 2.49. The molecule has 1 aliphatic heterocycles. The first kappa shape index (κ1) is 15.2. The Morgan fingerprint density at radius 1 is 1.30 bits per heavy atom. The Morgan fingerprint density at radius 3 is 2.74 bits per heavy atom. The van der Waals surface area contributed by atoms with Crippen LogP contribution in [0.3, 0.4) is 0 Å². The van der Waals surface area contributed by atoms with Crippen molar-refractivity contribution in [2.24, 2.45) is 0 Å². The molecule has 7 heteroatoms. The smallest absolute Gasteiger partial charge is 0.328 e. The molecule has 2 aromatic rings. The van der Waals surface area contributed by atoms with Crippen LogP contribution in [-0.4, -0.2) is 52.7 Å². The molecule has 1 aromatic heterocycles. The quantitative estimate of drug-likeness (QED) is 0.924. The molecular weight excluding hydrogens is 300 g/mol. The standard InChI is InChI=1S/C16H16N2O5/c1-10-13(17-14(23-10)11-5-3-2-4-6-11)15(19)18-7-8-22-9-12(18)16(20)21/h2-6,12H,7-9H2,1H3,(H,20,21). The average Bonchev–Trinajstić information content (AvgIpc) is 2.97. The molecule has 1 aromatic carbocycles. The highest BCUT2D eigenvalue weighted by atomic mass is 16.5. The zero-order valence-corrected chi connectivity index (χ0v) is 12.6. The average molecular weight is 316 g/mol. The number of ether oxygens (including phenoxy) is 1. The summed E-state index contributed by atoms with van der Waals surface area (Å²) in [6.45, 7) is 2.13. The Balaban J connectivity index is 1.90. The second-order valence-electron chi connectivity index (χ2n) is 5.22. The lowest BCUT2D eigenvalue weighted by atomic mass is 10.2. The number of rotatable bonds is 3. The minimum Gasteiger partial charge on any atom is -0.480 e. The molecule has 1 fully saturated rings. The number of amides is 1. The fourth-order valence-electron chi connectivity index (χ4n) is 2.49. The Bertz CT molecular complexity index is 725. The zero-order valence-electron chi connectivity index (χ0n) is 12.6. The van der Waals surface area contributed by atoms with Gasteiger partial charge in [-0.3, -0.25) is 4.79 Å². The highest BCUT2D eigenvalue weighted by Crippen LogP contribution is 2.23.